The molecule has 0 spiro atoms. The molecule has 0 bridgehead atoms. The average Bonchev–Trinajstić information content (AvgIpc) is 3.02. The van der Waals surface area contributed by atoms with Crippen LogP contribution in [0.25, 0.3) is 5.69 Å². The molecule has 0 aliphatic heterocycles. The first-order valence-corrected chi connectivity index (χ1v) is 10.6. The van der Waals surface area contributed by atoms with Crippen molar-refractivity contribution in [3.8, 4) is 11.4 Å². The van der Waals surface area contributed by atoms with Crippen LogP contribution < -0.4 is 10.1 Å². The van der Waals surface area contributed by atoms with Crippen LogP contribution in [0, 0.1) is 13.8 Å². The Bertz CT molecular complexity index is 1140. The highest BCUT2D eigenvalue weighted by Crippen LogP contribution is 2.27. The van der Waals surface area contributed by atoms with Gasteiger partial charge >= 0.3 is 0 Å². The number of benzene rings is 2. The summed E-state index contributed by atoms with van der Waals surface area (Å²) in [5, 5.41) is 8.41. The Morgan fingerprint density at radius 3 is 2.41 bits per heavy atom. The lowest BCUT2D eigenvalue weighted by Gasteiger charge is -2.18. The summed E-state index contributed by atoms with van der Waals surface area (Å²) < 4.78 is 7.02. The third-order valence-corrected chi connectivity index (χ3v) is 5.57. The Morgan fingerprint density at radius 2 is 1.75 bits per heavy atom. The summed E-state index contributed by atoms with van der Waals surface area (Å²) in [4.78, 5) is 26.7. The van der Waals surface area contributed by atoms with Gasteiger partial charge in [0.2, 0.25) is 11.8 Å². The maximum Gasteiger partial charge on any atom is 0.244 e. The zero-order valence-corrected chi connectivity index (χ0v) is 19.8. The number of aryl methyl sites for hydroxylation is 1. The molecule has 3 rings (SSSR count). The maximum atomic E-state index is 12.8. The third kappa shape index (κ3) is 5.41. The SMILES string of the molecule is COc1ccc(Cl)cc1NC(=O)CN(C)C(=O)Cc1c(C)nn(-c2ccc(Cl)cc2)c1C. The Balaban J connectivity index is 1.68. The van der Waals surface area contributed by atoms with Gasteiger partial charge < -0.3 is 15.0 Å². The smallest absolute Gasteiger partial charge is 0.244 e. The van der Waals surface area contributed by atoms with E-state index < -0.39 is 0 Å². The summed E-state index contributed by atoms with van der Waals surface area (Å²) in [6.07, 6.45) is 0.134. The first kappa shape index (κ1) is 23.6. The number of carbonyl (C=O) groups excluding carboxylic acids is 2. The first-order chi connectivity index (χ1) is 15.2. The van der Waals surface area contributed by atoms with E-state index in [0.717, 1.165) is 22.6 Å². The molecule has 1 N–H and O–H groups in total. The molecule has 0 saturated carbocycles. The standard InChI is InChI=1S/C23H24Cl2N4O3/c1-14-19(15(2)29(27-14)18-8-5-16(24)6-9-18)12-23(31)28(3)13-22(30)26-20-11-17(25)7-10-21(20)32-4/h5-11H,12-13H2,1-4H3,(H,26,30). The second kappa shape index (κ2) is 10.1. The summed E-state index contributed by atoms with van der Waals surface area (Å²) in [7, 11) is 3.09. The molecule has 3 aromatic rings. The number of aromatic nitrogens is 2. The molecule has 2 amide bonds. The van der Waals surface area contributed by atoms with Crippen molar-refractivity contribution in [1.82, 2.24) is 14.7 Å². The van der Waals surface area contributed by atoms with Gasteiger partial charge in [-0.25, -0.2) is 4.68 Å². The largest absolute Gasteiger partial charge is 0.495 e. The summed E-state index contributed by atoms with van der Waals surface area (Å²) in [6, 6.07) is 12.2. The minimum atomic E-state index is -0.355. The lowest BCUT2D eigenvalue weighted by Crippen LogP contribution is -2.36. The van der Waals surface area contributed by atoms with Gasteiger partial charge in [-0.05, 0) is 56.3 Å². The van der Waals surface area contributed by atoms with E-state index in [-0.39, 0.29) is 24.8 Å². The number of nitrogens with one attached hydrogen (secondary N) is 1. The highest BCUT2D eigenvalue weighted by Gasteiger charge is 2.20. The molecule has 0 saturated heterocycles. The molecule has 0 unspecified atom stereocenters. The number of anilines is 1. The Kier molecular flexibility index (Phi) is 7.43. The monoisotopic (exact) mass is 474 g/mol. The number of nitrogens with zero attached hydrogens (tertiary/aromatic N) is 3. The minimum Gasteiger partial charge on any atom is -0.495 e. The van der Waals surface area contributed by atoms with Gasteiger partial charge in [-0.3, -0.25) is 9.59 Å². The van der Waals surface area contributed by atoms with Gasteiger partial charge in [-0.2, -0.15) is 5.10 Å². The predicted molar refractivity (Wildman–Crippen MR) is 126 cm³/mol. The van der Waals surface area contributed by atoms with Gasteiger partial charge in [0.05, 0.1) is 37.1 Å². The van der Waals surface area contributed by atoms with Crippen molar-refractivity contribution in [2.75, 3.05) is 26.0 Å². The molecule has 7 nitrogen and oxygen atoms in total. The van der Waals surface area contributed by atoms with Gasteiger partial charge in [-0.1, -0.05) is 23.2 Å². The van der Waals surface area contributed by atoms with Crippen molar-refractivity contribution in [1.29, 1.82) is 0 Å². The van der Waals surface area contributed by atoms with E-state index in [9.17, 15) is 9.59 Å². The highest BCUT2D eigenvalue weighted by atomic mass is 35.5. The molecular formula is C23H24Cl2N4O3. The normalized spacial score (nSPS) is 10.7. The molecule has 0 aliphatic carbocycles. The zero-order valence-electron chi connectivity index (χ0n) is 18.3. The number of ether oxygens (including phenoxy) is 1. The van der Waals surface area contributed by atoms with Crippen LogP contribution in [0.5, 0.6) is 5.75 Å². The lowest BCUT2D eigenvalue weighted by molar-refractivity contribution is -0.132. The number of methoxy groups -OCH3 is 1. The molecule has 1 aromatic heterocycles. The third-order valence-electron chi connectivity index (χ3n) is 5.08. The van der Waals surface area contributed by atoms with Crippen LogP contribution in [0.3, 0.4) is 0 Å². The van der Waals surface area contributed by atoms with Gasteiger partial charge in [0.25, 0.3) is 0 Å². The fourth-order valence-corrected chi connectivity index (χ4v) is 3.62. The van der Waals surface area contributed by atoms with Gasteiger partial charge in [0.1, 0.15) is 5.75 Å². The highest BCUT2D eigenvalue weighted by molar-refractivity contribution is 6.31. The molecule has 1 heterocycles. The number of rotatable bonds is 7. The summed E-state index contributed by atoms with van der Waals surface area (Å²) in [5.41, 5.74) is 3.75. The van der Waals surface area contributed by atoms with Crippen molar-refractivity contribution in [3.63, 3.8) is 0 Å². The van der Waals surface area contributed by atoms with Gasteiger partial charge in [-0.15, -0.1) is 0 Å². The topological polar surface area (TPSA) is 76.5 Å². The summed E-state index contributed by atoms with van der Waals surface area (Å²) >= 11 is 12.0. The van der Waals surface area contributed by atoms with Crippen molar-refractivity contribution in [2.45, 2.75) is 20.3 Å². The van der Waals surface area contributed by atoms with Crippen LogP contribution in [0.4, 0.5) is 5.69 Å². The second-order valence-corrected chi connectivity index (χ2v) is 8.23. The molecule has 9 heteroatoms. The van der Waals surface area contributed by atoms with Gasteiger partial charge in [0.15, 0.2) is 0 Å². The summed E-state index contributed by atoms with van der Waals surface area (Å²) in [6.45, 7) is 3.66. The quantitative estimate of drug-likeness (QED) is 0.548. The summed E-state index contributed by atoms with van der Waals surface area (Å²) in [5.74, 6) is -0.0654. The van der Waals surface area contributed by atoms with E-state index in [0.29, 0.717) is 21.5 Å². The number of halogens is 2. The van der Waals surface area contributed by atoms with Crippen LogP contribution in [-0.2, 0) is 16.0 Å². The minimum absolute atomic E-state index is 0.113. The predicted octanol–water partition coefficient (Wildman–Crippen LogP) is 4.44. The van der Waals surface area contributed by atoms with Crippen molar-refractivity contribution in [3.05, 3.63) is 69.5 Å². The van der Waals surface area contributed by atoms with Crippen LogP contribution in [-0.4, -0.2) is 47.2 Å². The molecule has 0 radical (unpaired) electrons. The molecule has 32 heavy (non-hydrogen) atoms. The van der Waals surface area contributed by atoms with Crippen LogP contribution in [0.2, 0.25) is 10.0 Å². The zero-order chi connectivity index (χ0) is 23.4. The number of carbonyl (C=O) groups is 2. The van der Waals surface area contributed by atoms with E-state index in [1.54, 1.807) is 42.1 Å². The fraction of sp³-hybridized carbons (Fsp3) is 0.261. The van der Waals surface area contributed by atoms with Crippen LogP contribution >= 0.6 is 23.2 Å². The van der Waals surface area contributed by atoms with Crippen molar-refractivity contribution >= 4 is 40.7 Å². The lowest BCUT2D eigenvalue weighted by atomic mass is 10.1. The average molecular weight is 475 g/mol. The van der Waals surface area contributed by atoms with Gasteiger partial charge in [0, 0.05) is 28.4 Å². The molecule has 0 aliphatic rings. The number of amides is 2. The van der Waals surface area contributed by atoms with E-state index in [1.165, 1.54) is 12.0 Å². The first-order valence-electron chi connectivity index (χ1n) is 9.88. The Hall–Kier alpha value is -3.03. The number of hydrogen-bond donors (Lipinski definition) is 1. The van der Waals surface area contributed by atoms with Crippen molar-refractivity contribution in [2.24, 2.45) is 0 Å². The molecule has 0 atom stereocenters. The van der Waals surface area contributed by atoms with E-state index in [2.05, 4.69) is 10.4 Å². The van der Waals surface area contributed by atoms with E-state index >= 15 is 0 Å². The van der Waals surface area contributed by atoms with E-state index in [4.69, 9.17) is 27.9 Å². The molecular weight excluding hydrogens is 451 g/mol. The van der Waals surface area contributed by atoms with Crippen molar-refractivity contribution < 1.29 is 14.3 Å². The molecule has 2 aromatic carbocycles. The Morgan fingerprint density at radius 1 is 1.09 bits per heavy atom. The second-order valence-electron chi connectivity index (χ2n) is 7.36. The van der Waals surface area contributed by atoms with Crippen LogP contribution in [0.15, 0.2) is 42.5 Å². The number of likely N-dealkylation sites (N-methyl/N-ethyl adjacent to an activating group) is 1. The van der Waals surface area contributed by atoms with E-state index in [1.807, 2.05) is 26.0 Å². The van der Waals surface area contributed by atoms with Crippen LogP contribution in [0.1, 0.15) is 17.0 Å². The molecule has 168 valence electrons. The Labute approximate surface area is 196 Å². The fourth-order valence-electron chi connectivity index (χ4n) is 3.32. The molecule has 0 fully saturated rings. The number of hydrogen-bond acceptors (Lipinski definition) is 4. The maximum absolute atomic E-state index is 12.8.